The maximum atomic E-state index is 9.85. The molecule has 5 rings (SSSR count). The van der Waals surface area contributed by atoms with Gasteiger partial charge in [-0.2, -0.15) is 0 Å². The van der Waals surface area contributed by atoms with Crippen LogP contribution in [0.2, 0.25) is 0 Å². The van der Waals surface area contributed by atoms with Crippen LogP contribution >= 0.6 is 0 Å². The lowest BCUT2D eigenvalue weighted by atomic mass is 9.93. The first-order valence-electron chi connectivity index (χ1n) is 11.4. The van der Waals surface area contributed by atoms with Crippen LogP contribution in [0.25, 0.3) is 22.4 Å². The summed E-state index contributed by atoms with van der Waals surface area (Å²) in [6.07, 6.45) is 7.42. The second kappa shape index (κ2) is 8.74. The van der Waals surface area contributed by atoms with E-state index in [1.54, 1.807) is 0 Å². The van der Waals surface area contributed by atoms with Crippen molar-refractivity contribution in [1.29, 1.82) is 0 Å². The van der Waals surface area contributed by atoms with Crippen LogP contribution in [0.3, 0.4) is 0 Å². The molecule has 3 heterocycles. The summed E-state index contributed by atoms with van der Waals surface area (Å²) in [6.45, 7) is 3.28. The molecule has 1 aliphatic heterocycles. The monoisotopic (exact) mass is 405 g/mol. The van der Waals surface area contributed by atoms with E-state index in [4.69, 9.17) is 9.97 Å². The summed E-state index contributed by atoms with van der Waals surface area (Å²) in [5, 5.41) is 14.6. The minimum atomic E-state index is -0.156. The van der Waals surface area contributed by atoms with Gasteiger partial charge in [0, 0.05) is 23.8 Å². The average Bonchev–Trinajstić information content (AvgIpc) is 3.19. The molecule has 0 atom stereocenters. The molecule has 30 heavy (non-hydrogen) atoms. The summed E-state index contributed by atoms with van der Waals surface area (Å²) in [5.74, 6) is 1.65. The number of fused-ring (bicyclic) bond motifs is 1. The first-order chi connectivity index (χ1) is 14.7. The molecule has 1 saturated heterocycles. The topological polar surface area (TPSA) is 77.1 Å². The SMILES string of the molecule is OC1CCC(Nc2nc(-c3ccccc3)nc3[nH]c(CN4CCCCC4)cc23)CC1. The van der Waals surface area contributed by atoms with Gasteiger partial charge >= 0.3 is 0 Å². The van der Waals surface area contributed by atoms with Crippen LogP contribution in [-0.2, 0) is 6.54 Å². The molecule has 2 fully saturated rings. The normalized spacial score (nSPS) is 23.0. The van der Waals surface area contributed by atoms with Crippen LogP contribution in [0.4, 0.5) is 5.82 Å². The summed E-state index contributed by atoms with van der Waals surface area (Å²) in [5.41, 5.74) is 3.12. The molecule has 0 radical (unpaired) electrons. The quantitative estimate of drug-likeness (QED) is 0.589. The highest BCUT2D eigenvalue weighted by Gasteiger charge is 2.22. The van der Waals surface area contributed by atoms with E-state index in [1.165, 1.54) is 38.0 Å². The van der Waals surface area contributed by atoms with Gasteiger partial charge < -0.3 is 15.4 Å². The zero-order chi connectivity index (χ0) is 20.3. The Morgan fingerprint density at radius 3 is 2.53 bits per heavy atom. The Hall–Kier alpha value is -2.44. The highest BCUT2D eigenvalue weighted by Crippen LogP contribution is 2.29. The average molecular weight is 406 g/mol. The third-order valence-electron chi connectivity index (χ3n) is 6.46. The molecule has 1 saturated carbocycles. The van der Waals surface area contributed by atoms with Gasteiger partial charge in [0.25, 0.3) is 0 Å². The van der Waals surface area contributed by atoms with Crippen molar-refractivity contribution in [2.75, 3.05) is 18.4 Å². The van der Waals surface area contributed by atoms with E-state index in [2.05, 4.69) is 33.4 Å². The van der Waals surface area contributed by atoms with Crippen molar-refractivity contribution in [3.8, 4) is 11.4 Å². The fourth-order valence-electron chi connectivity index (χ4n) is 4.75. The van der Waals surface area contributed by atoms with Gasteiger partial charge in [-0.15, -0.1) is 0 Å². The first kappa shape index (κ1) is 19.5. The molecule has 2 aliphatic rings. The van der Waals surface area contributed by atoms with E-state index in [-0.39, 0.29) is 6.10 Å². The van der Waals surface area contributed by atoms with Crippen LogP contribution in [0.1, 0.15) is 50.6 Å². The van der Waals surface area contributed by atoms with Gasteiger partial charge in [-0.1, -0.05) is 36.8 Å². The molecule has 0 bridgehead atoms. The van der Waals surface area contributed by atoms with Gasteiger partial charge in [0.2, 0.25) is 0 Å². The number of piperidine rings is 1. The molecular formula is C24H31N5O. The number of nitrogens with one attached hydrogen (secondary N) is 2. The van der Waals surface area contributed by atoms with Crippen molar-refractivity contribution >= 4 is 16.9 Å². The third-order valence-corrected chi connectivity index (χ3v) is 6.46. The lowest BCUT2D eigenvalue weighted by molar-refractivity contribution is 0.126. The molecular weight excluding hydrogens is 374 g/mol. The zero-order valence-corrected chi connectivity index (χ0v) is 17.5. The van der Waals surface area contributed by atoms with Gasteiger partial charge in [-0.05, 0) is 57.7 Å². The fourth-order valence-corrected chi connectivity index (χ4v) is 4.75. The summed E-state index contributed by atoms with van der Waals surface area (Å²) in [7, 11) is 0. The molecule has 3 aromatic rings. The maximum Gasteiger partial charge on any atom is 0.163 e. The van der Waals surface area contributed by atoms with Crippen LogP contribution in [0.5, 0.6) is 0 Å². The molecule has 6 nitrogen and oxygen atoms in total. The minimum Gasteiger partial charge on any atom is -0.393 e. The number of aromatic nitrogens is 3. The Labute approximate surface area is 177 Å². The fraction of sp³-hybridized carbons (Fsp3) is 0.500. The summed E-state index contributed by atoms with van der Waals surface area (Å²) in [6, 6.07) is 12.7. The molecule has 158 valence electrons. The lowest BCUT2D eigenvalue weighted by Crippen LogP contribution is -2.29. The third kappa shape index (κ3) is 4.35. The smallest absolute Gasteiger partial charge is 0.163 e. The number of aliphatic hydroxyl groups excluding tert-OH is 1. The number of hydrogen-bond acceptors (Lipinski definition) is 5. The Morgan fingerprint density at radius 1 is 1.00 bits per heavy atom. The molecule has 0 amide bonds. The number of aromatic amines is 1. The number of likely N-dealkylation sites (tertiary alicyclic amines) is 1. The van der Waals surface area contributed by atoms with Gasteiger partial charge in [-0.25, -0.2) is 9.97 Å². The highest BCUT2D eigenvalue weighted by atomic mass is 16.3. The molecule has 6 heteroatoms. The summed E-state index contributed by atoms with van der Waals surface area (Å²) < 4.78 is 0. The molecule has 3 N–H and O–H groups in total. The van der Waals surface area contributed by atoms with Gasteiger partial charge in [0.15, 0.2) is 5.82 Å². The van der Waals surface area contributed by atoms with Crippen molar-refractivity contribution in [2.24, 2.45) is 0 Å². The molecule has 1 aromatic carbocycles. The Balaban J connectivity index is 1.47. The van der Waals surface area contributed by atoms with E-state index < -0.39 is 0 Å². The number of benzene rings is 1. The van der Waals surface area contributed by atoms with Gasteiger partial charge in [-0.3, -0.25) is 4.90 Å². The van der Waals surface area contributed by atoms with Crippen molar-refractivity contribution in [3.63, 3.8) is 0 Å². The molecule has 2 aromatic heterocycles. The number of aliphatic hydroxyl groups is 1. The predicted molar refractivity (Wildman–Crippen MR) is 120 cm³/mol. The number of nitrogens with zero attached hydrogens (tertiary/aromatic N) is 3. The van der Waals surface area contributed by atoms with Crippen molar-refractivity contribution in [3.05, 3.63) is 42.1 Å². The lowest BCUT2D eigenvalue weighted by Gasteiger charge is -2.27. The van der Waals surface area contributed by atoms with Crippen molar-refractivity contribution in [1.82, 2.24) is 19.9 Å². The minimum absolute atomic E-state index is 0.156. The van der Waals surface area contributed by atoms with Gasteiger partial charge in [0.05, 0.1) is 11.5 Å². The number of rotatable bonds is 5. The number of hydrogen-bond donors (Lipinski definition) is 3. The van der Waals surface area contributed by atoms with E-state index >= 15 is 0 Å². The van der Waals surface area contributed by atoms with Crippen molar-refractivity contribution < 1.29 is 5.11 Å². The predicted octanol–water partition coefficient (Wildman–Crippen LogP) is 4.33. The highest BCUT2D eigenvalue weighted by molar-refractivity contribution is 5.89. The van der Waals surface area contributed by atoms with Crippen LogP contribution in [0, 0.1) is 0 Å². The maximum absolute atomic E-state index is 9.85. The standard InChI is InChI=1S/C24H31N5O/c30-20-11-9-18(10-12-20)25-23-21-15-19(16-29-13-5-2-6-14-29)26-24(21)28-22(27-23)17-7-3-1-4-8-17/h1,3-4,7-8,15,18,20,30H,2,5-6,9-14,16H2,(H2,25,26,27,28). The van der Waals surface area contributed by atoms with Crippen molar-refractivity contribution in [2.45, 2.75) is 63.6 Å². The Morgan fingerprint density at radius 2 is 1.77 bits per heavy atom. The zero-order valence-electron chi connectivity index (χ0n) is 17.5. The number of H-pyrrole nitrogens is 1. The molecule has 1 aliphatic carbocycles. The van der Waals surface area contributed by atoms with Crippen LogP contribution in [0.15, 0.2) is 36.4 Å². The summed E-state index contributed by atoms with van der Waals surface area (Å²) in [4.78, 5) is 15.9. The Kier molecular flexibility index (Phi) is 5.69. The van der Waals surface area contributed by atoms with E-state index in [0.29, 0.717) is 6.04 Å². The van der Waals surface area contributed by atoms with E-state index in [9.17, 15) is 5.11 Å². The van der Waals surface area contributed by atoms with Crippen LogP contribution < -0.4 is 5.32 Å². The molecule has 0 spiro atoms. The Bertz CT molecular complexity index is 972. The van der Waals surface area contributed by atoms with Gasteiger partial charge in [0.1, 0.15) is 11.5 Å². The van der Waals surface area contributed by atoms with Crippen LogP contribution in [-0.4, -0.2) is 50.2 Å². The second-order valence-corrected chi connectivity index (χ2v) is 8.81. The van der Waals surface area contributed by atoms with E-state index in [0.717, 1.165) is 60.5 Å². The molecule has 0 unspecified atom stereocenters. The number of anilines is 1. The summed E-state index contributed by atoms with van der Waals surface area (Å²) >= 11 is 0. The van der Waals surface area contributed by atoms with E-state index in [1.807, 2.05) is 18.2 Å². The second-order valence-electron chi connectivity index (χ2n) is 8.81. The largest absolute Gasteiger partial charge is 0.393 e. The first-order valence-corrected chi connectivity index (χ1v) is 11.4.